The van der Waals surface area contributed by atoms with Gasteiger partial charge in [0.1, 0.15) is 11.8 Å². The molecule has 64 valence electrons. The number of rotatable bonds is 2. The Morgan fingerprint density at radius 1 is 1.67 bits per heavy atom. The Balaban J connectivity index is 2.60. The second-order valence-corrected chi connectivity index (χ2v) is 2.50. The third-order valence-corrected chi connectivity index (χ3v) is 1.41. The number of hydrogen-bond acceptors (Lipinski definition) is 4. The predicted octanol–water partition coefficient (Wildman–Crippen LogP) is -0.311. The van der Waals surface area contributed by atoms with Crippen molar-refractivity contribution in [2.24, 2.45) is 0 Å². The monoisotopic (exact) mass is 167 g/mol. The number of carbonyl (C=O) groups is 1. The Hall–Kier alpha value is -1.54. The Morgan fingerprint density at radius 2 is 2.25 bits per heavy atom. The molecule has 0 radical (unpaired) electrons. The van der Waals surface area contributed by atoms with Crippen LogP contribution in [0.4, 0.5) is 0 Å². The molecule has 1 aliphatic heterocycles. The normalized spacial score (nSPS) is 17.7. The van der Waals surface area contributed by atoms with Gasteiger partial charge in [-0.3, -0.25) is 10.2 Å². The zero-order valence-corrected chi connectivity index (χ0v) is 6.66. The minimum absolute atomic E-state index is 0.234. The second kappa shape index (κ2) is 3.24. The molecule has 2 N–H and O–H groups in total. The first kappa shape index (κ1) is 8.56. The van der Waals surface area contributed by atoms with E-state index >= 15 is 0 Å². The smallest absolute Gasteiger partial charge is 0.279 e. The molecule has 0 aromatic heterocycles. The molecule has 1 fully saturated rings. The van der Waals surface area contributed by atoms with E-state index in [1.165, 1.54) is 6.92 Å². The first-order valence-electron chi connectivity index (χ1n) is 3.51. The van der Waals surface area contributed by atoms with Crippen LogP contribution in [0.3, 0.4) is 0 Å². The van der Waals surface area contributed by atoms with Crippen LogP contribution in [-0.2, 0) is 4.79 Å². The zero-order valence-electron chi connectivity index (χ0n) is 6.66. The number of hydrazine groups is 1. The molecule has 0 aromatic rings. The third kappa shape index (κ3) is 1.97. The molecule has 0 unspecified atom stereocenters. The summed E-state index contributed by atoms with van der Waals surface area (Å²) in [5.74, 6) is -0.799. The van der Waals surface area contributed by atoms with Crippen molar-refractivity contribution in [2.45, 2.75) is 6.92 Å². The summed E-state index contributed by atoms with van der Waals surface area (Å²) in [5, 5.41) is 19.0. The highest BCUT2D eigenvalue weighted by Crippen LogP contribution is 2.03. The van der Waals surface area contributed by atoms with Crippen molar-refractivity contribution in [1.82, 2.24) is 10.4 Å². The van der Waals surface area contributed by atoms with Gasteiger partial charge >= 0.3 is 0 Å². The van der Waals surface area contributed by atoms with Gasteiger partial charge in [-0.05, 0) is 6.92 Å². The number of aliphatic hydroxyl groups excluding tert-OH is 1. The summed E-state index contributed by atoms with van der Waals surface area (Å²) < 4.78 is 0. The average Bonchev–Trinajstić information content (AvgIpc) is 2.71. The van der Waals surface area contributed by atoms with Crippen LogP contribution < -0.4 is 5.43 Å². The van der Waals surface area contributed by atoms with Crippen molar-refractivity contribution in [1.29, 1.82) is 5.26 Å². The molecule has 5 heteroatoms. The molecule has 1 amide bonds. The van der Waals surface area contributed by atoms with Gasteiger partial charge in [-0.25, -0.2) is 5.01 Å². The Morgan fingerprint density at radius 3 is 2.58 bits per heavy atom. The van der Waals surface area contributed by atoms with Crippen molar-refractivity contribution in [3.05, 3.63) is 11.3 Å². The molecule has 0 saturated carbocycles. The van der Waals surface area contributed by atoms with Crippen LogP contribution in [0.2, 0.25) is 0 Å². The lowest BCUT2D eigenvalue weighted by Crippen LogP contribution is -2.30. The number of amides is 1. The van der Waals surface area contributed by atoms with Crippen molar-refractivity contribution in [2.75, 3.05) is 13.1 Å². The molecule has 12 heavy (non-hydrogen) atoms. The van der Waals surface area contributed by atoms with Crippen LogP contribution in [-0.4, -0.2) is 29.1 Å². The van der Waals surface area contributed by atoms with Gasteiger partial charge in [-0.1, -0.05) is 0 Å². The van der Waals surface area contributed by atoms with Crippen LogP contribution >= 0.6 is 0 Å². The van der Waals surface area contributed by atoms with Gasteiger partial charge < -0.3 is 5.11 Å². The zero-order chi connectivity index (χ0) is 9.14. The quantitative estimate of drug-likeness (QED) is 0.256. The van der Waals surface area contributed by atoms with E-state index in [0.717, 1.165) is 13.1 Å². The van der Waals surface area contributed by atoms with E-state index in [1.54, 1.807) is 11.1 Å². The SMILES string of the molecule is C/C(O)=C(\C#N)C(=O)NN1CC1. The fourth-order valence-electron chi connectivity index (χ4n) is 0.657. The number of hydrogen-bond donors (Lipinski definition) is 2. The Labute approximate surface area is 69.9 Å². The Bertz CT molecular complexity index is 269. The highest BCUT2D eigenvalue weighted by Gasteiger charge is 2.22. The maximum atomic E-state index is 11.1. The molecule has 0 spiro atoms. The van der Waals surface area contributed by atoms with Crippen molar-refractivity contribution in [3.63, 3.8) is 0 Å². The highest BCUT2D eigenvalue weighted by atomic mass is 16.3. The summed E-state index contributed by atoms with van der Waals surface area (Å²) in [6.07, 6.45) is 0. The number of aliphatic hydroxyl groups is 1. The maximum absolute atomic E-state index is 11.1. The Kier molecular flexibility index (Phi) is 2.31. The van der Waals surface area contributed by atoms with E-state index in [1.807, 2.05) is 0 Å². The lowest BCUT2D eigenvalue weighted by Gasteiger charge is -2.02. The molecule has 0 bridgehead atoms. The number of nitrogens with one attached hydrogen (secondary N) is 1. The van der Waals surface area contributed by atoms with Gasteiger partial charge in [0.2, 0.25) is 0 Å². The fourth-order valence-corrected chi connectivity index (χ4v) is 0.657. The van der Waals surface area contributed by atoms with Crippen LogP contribution in [0, 0.1) is 11.3 Å². The van der Waals surface area contributed by atoms with Crippen LogP contribution in [0.25, 0.3) is 0 Å². The average molecular weight is 167 g/mol. The first-order chi connectivity index (χ1) is 5.65. The predicted molar refractivity (Wildman–Crippen MR) is 40.7 cm³/mol. The molecular weight excluding hydrogens is 158 g/mol. The summed E-state index contributed by atoms with van der Waals surface area (Å²) in [6.45, 7) is 2.91. The van der Waals surface area contributed by atoms with Crippen LogP contribution in [0.5, 0.6) is 0 Å². The molecule has 0 atom stereocenters. The van der Waals surface area contributed by atoms with Crippen molar-refractivity contribution < 1.29 is 9.90 Å². The highest BCUT2D eigenvalue weighted by molar-refractivity contribution is 5.97. The van der Waals surface area contributed by atoms with E-state index < -0.39 is 5.91 Å². The van der Waals surface area contributed by atoms with E-state index in [9.17, 15) is 4.79 Å². The van der Waals surface area contributed by atoms with Gasteiger partial charge in [-0.15, -0.1) is 0 Å². The first-order valence-corrected chi connectivity index (χ1v) is 3.51. The molecule has 1 aliphatic rings. The van der Waals surface area contributed by atoms with Gasteiger partial charge in [0.15, 0.2) is 5.57 Å². The third-order valence-electron chi connectivity index (χ3n) is 1.41. The summed E-state index contributed by atoms with van der Waals surface area (Å²) in [7, 11) is 0. The summed E-state index contributed by atoms with van der Waals surface area (Å²) in [4.78, 5) is 11.1. The summed E-state index contributed by atoms with van der Waals surface area (Å²) in [5.41, 5.74) is 2.21. The van der Waals surface area contributed by atoms with Crippen LogP contribution in [0.1, 0.15) is 6.92 Å². The summed E-state index contributed by atoms with van der Waals surface area (Å²) in [6, 6.07) is 1.63. The standard InChI is InChI=1S/C7H9N3O2/c1-5(11)6(4-8)7(12)9-10-2-3-10/h11H,2-3H2,1H3,(H,9,12)/b6-5-. The topological polar surface area (TPSA) is 76.1 Å². The minimum Gasteiger partial charge on any atom is -0.511 e. The lowest BCUT2D eigenvalue weighted by molar-refractivity contribution is -0.119. The number of carbonyl (C=O) groups excluding carboxylic acids is 1. The molecular formula is C7H9N3O2. The second-order valence-electron chi connectivity index (χ2n) is 2.50. The molecule has 5 nitrogen and oxygen atoms in total. The molecule has 0 aromatic carbocycles. The largest absolute Gasteiger partial charge is 0.511 e. The number of allylic oxidation sites excluding steroid dienone is 1. The van der Waals surface area contributed by atoms with Crippen LogP contribution in [0.15, 0.2) is 11.3 Å². The van der Waals surface area contributed by atoms with E-state index in [2.05, 4.69) is 5.43 Å². The van der Waals surface area contributed by atoms with Crippen molar-refractivity contribution in [3.8, 4) is 6.07 Å². The maximum Gasteiger partial charge on any atom is 0.279 e. The molecule has 1 heterocycles. The number of nitriles is 1. The van der Waals surface area contributed by atoms with Gasteiger partial charge in [0, 0.05) is 13.1 Å². The van der Waals surface area contributed by atoms with E-state index in [-0.39, 0.29) is 11.3 Å². The van der Waals surface area contributed by atoms with E-state index in [4.69, 9.17) is 10.4 Å². The molecule has 1 rings (SSSR count). The van der Waals surface area contributed by atoms with Crippen molar-refractivity contribution >= 4 is 5.91 Å². The van der Waals surface area contributed by atoms with E-state index in [0.29, 0.717) is 0 Å². The number of nitrogens with zero attached hydrogens (tertiary/aromatic N) is 2. The molecule has 1 saturated heterocycles. The van der Waals surface area contributed by atoms with Gasteiger partial charge in [-0.2, -0.15) is 5.26 Å². The molecule has 0 aliphatic carbocycles. The fraction of sp³-hybridized carbons (Fsp3) is 0.429. The minimum atomic E-state index is -0.546. The summed E-state index contributed by atoms with van der Waals surface area (Å²) >= 11 is 0. The lowest BCUT2D eigenvalue weighted by atomic mass is 10.2. The van der Waals surface area contributed by atoms with Gasteiger partial charge in [0.25, 0.3) is 5.91 Å². The van der Waals surface area contributed by atoms with Gasteiger partial charge in [0.05, 0.1) is 0 Å².